The largest absolute Gasteiger partial charge is 0.349 e. The van der Waals surface area contributed by atoms with E-state index in [4.69, 9.17) is 0 Å². The summed E-state index contributed by atoms with van der Waals surface area (Å²) in [6.07, 6.45) is 1.68. The van der Waals surface area contributed by atoms with Gasteiger partial charge in [-0.25, -0.2) is 9.07 Å². The van der Waals surface area contributed by atoms with Crippen molar-refractivity contribution in [3.05, 3.63) is 48.0 Å². The molecule has 0 bridgehead atoms. The fraction of sp³-hybridized carbons (Fsp3) is 0.333. The van der Waals surface area contributed by atoms with E-state index in [0.29, 0.717) is 17.9 Å². The summed E-state index contributed by atoms with van der Waals surface area (Å²) >= 11 is 0. The Bertz CT molecular complexity index is 600. The van der Waals surface area contributed by atoms with Gasteiger partial charge in [-0.2, -0.15) is 5.10 Å². The molecule has 0 unspecified atom stereocenters. The maximum Gasteiger partial charge on any atom is 0.271 e. The van der Waals surface area contributed by atoms with E-state index in [-0.39, 0.29) is 30.2 Å². The molecule has 1 amide bonds. The van der Waals surface area contributed by atoms with Crippen molar-refractivity contribution in [2.75, 3.05) is 13.1 Å². The first-order valence-electron chi connectivity index (χ1n) is 6.93. The minimum atomic E-state index is -0.304. The van der Waals surface area contributed by atoms with Crippen LogP contribution < -0.4 is 10.6 Å². The molecule has 22 heavy (non-hydrogen) atoms. The molecule has 0 saturated carbocycles. The molecule has 1 heterocycles. The zero-order chi connectivity index (χ0) is 15.2. The van der Waals surface area contributed by atoms with Gasteiger partial charge in [-0.1, -0.05) is 6.92 Å². The molecule has 1 aromatic carbocycles. The van der Waals surface area contributed by atoms with Crippen LogP contribution in [0.4, 0.5) is 4.39 Å². The number of hydrogen-bond acceptors (Lipinski definition) is 3. The third-order valence-electron chi connectivity index (χ3n) is 3.03. The second-order valence-corrected chi connectivity index (χ2v) is 4.79. The number of carbonyl (C=O) groups excluding carboxylic acids is 1. The average molecular weight is 327 g/mol. The van der Waals surface area contributed by atoms with Gasteiger partial charge in [0.1, 0.15) is 5.82 Å². The van der Waals surface area contributed by atoms with Crippen molar-refractivity contribution in [1.82, 2.24) is 20.4 Å². The molecule has 1 atom stereocenters. The van der Waals surface area contributed by atoms with E-state index in [1.54, 1.807) is 29.1 Å². The molecule has 1 aromatic heterocycles. The van der Waals surface area contributed by atoms with Crippen LogP contribution in [-0.2, 0) is 0 Å². The lowest BCUT2D eigenvalue weighted by atomic mass is 10.3. The molecule has 0 saturated heterocycles. The van der Waals surface area contributed by atoms with Crippen molar-refractivity contribution in [3.63, 3.8) is 0 Å². The van der Waals surface area contributed by atoms with Gasteiger partial charge >= 0.3 is 0 Å². The summed E-state index contributed by atoms with van der Waals surface area (Å²) in [5.41, 5.74) is 1.04. The van der Waals surface area contributed by atoms with E-state index in [1.807, 2.05) is 13.8 Å². The number of halogens is 2. The zero-order valence-electron chi connectivity index (χ0n) is 12.5. The molecule has 2 rings (SSSR count). The first-order chi connectivity index (χ1) is 10.1. The molecular formula is C15H20ClFN4O. The Morgan fingerprint density at radius 2 is 2.00 bits per heavy atom. The molecule has 0 aliphatic heterocycles. The minimum absolute atomic E-state index is 0. The first kappa shape index (κ1) is 18.1. The van der Waals surface area contributed by atoms with E-state index in [9.17, 15) is 9.18 Å². The fourth-order valence-electron chi connectivity index (χ4n) is 1.94. The van der Waals surface area contributed by atoms with Gasteiger partial charge in [0.15, 0.2) is 5.69 Å². The summed E-state index contributed by atoms with van der Waals surface area (Å²) in [6.45, 7) is 5.41. The predicted molar refractivity (Wildman–Crippen MR) is 86.2 cm³/mol. The summed E-state index contributed by atoms with van der Waals surface area (Å²) in [5.74, 6) is -0.526. The molecule has 2 aromatic rings. The van der Waals surface area contributed by atoms with Gasteiger partial charge in [0, 0.05) is 18.8 Å². The maximum absolute atomic E-state index is 12.9. The third kappa shape index (κ3) is 4.82. The third-order valence-corrected chi connectivity index (χ3v) is 3.03. The van der Waals surface area contributed by atoms with E-state index in [1.165, 1.54) is 12.1 Å². The Morgan fingerprint density at radius 3 is 2.64 bits per heavy atom. The molecule has 120 valence electrons. The number of carbonyl (C=O) groups is 1. The van der Waals surface area contributed by atoms with Gasteiger partial charge in [0.05, 0.1) is 5.69 Å². The number of aromatic nitrogens is 2. The van der Waals surface area contributed by atoms with Gasteiger partial charge in [0.2, 0.25) is 0 Å². The number of amides is 1. The second kappa shape index (κ2) is 8.51. The van der Waals surface area contributed by atoms with Crippen LogP contribution in [0.3, 0.4) is 0 Å². The van der Waals surface area contributed by atoms with Crippen molar-refractivity contribution in [3.8, 4) is 5.69 Å². The Morgan fingerprint density at radius 1 is 1.32 bits per heavy atom. The Labute approximate surface area is 135 Å². The molecule has 0 spiro atoms. The summed E-state index contributed by atoms with van der Waals surface area (Å²) in [4.78, 5) is 12.0. The van der Waals surface area contributed by atoms with Crippen molar-refractivity contribution >= 4 is 18.3 Å². The van der Waals surface area contributed by atoms with Gasteiger partial charge in [-0.05, 0) is 43.8 Å². The molecule has 0 fully saturated rings. The lowest BCUT2D eigenvalue weighted by Crippen LogP contribution is -2.38. The summed E-state index contributed by atoms with van der Waals surface area (Å²) < 4.78 is 14.4. The van der Waals surface area contributed by atoms with Gasteiger partial charge < -0.3 is 10.6 Å². The monoisotopic (exact) mass is 326 g/mol. The van der Waals surface area contributed by atoms with Crippen molar-refractivity contribution < 1.29 is 9.18 Å². The predicted octanol–water partition coefficient (Wildman–Crippen LogP) is 2.16. The van der Waals surface area contributed by atoms with Crippen LogP contribution in [-0.4, -0.2) is 34.8 Å². The molecular weight excluding hydrogens is 307 g/mol. The van der Waals surface area contributed by atoms with Crippen LogP contribution in [0, 0.1) is 5.82 Å². The van der Waals surface area contributed by atoms with E-state index in [2.05, 4.69) is 15.7 Å². The highest BCUT2D eigenvalue weighted by atomic mass is 35.5. The molecule has 7 heteroatoms. The Balaban J connectivity index is 0.00000242. The van der Waals surface area contributed by atoms with Crippen LogP contribution in [0.15, 0.2) is 36.5 Å². The van der Waals surface area contributed by atoms with Crippen LogP contribution in [0.1, 0.15) is 24.3 Å². The first-order valence-corrected chi connectivity index (χ1v) is 6.93. The normalized spacial score (nSPS) is 11.6. The lowest BCUT2D eigenvalue weighted by molar-refractivity contribution is 0.0945. The van der Waals surface area contributed by atoms with Crippen LogP contribution >= 0.6 is 12.4 Å². The van der Waals surface area contributed by atoms with Crippen LogP contribution in [0.5, 0.6) is 0 Å². The molecule has 0 aliphatic carbocycles. The molecule has 2 N–H and O–H groups in total. The van der Waals surface area contributed by atoms with Crippen molar-refractivity contribution in [2.24, 2.45) is 0 Å². The number of likely N-dealkylation sites (N-methyl/N-ethyl adjacent to an activating group) is 1. The summed E-state index contributed by atoms with van der Waals surface area (Å²) in [6, 6.07) is 7.77. The minimum Gasteiger partial charge on any atom is -0.349 e. The topological polar surface area (TPSA) is 58.9 Å². The van der Waals surface area contributed by atoms with Gasteiger partial charge in [-0.15, -0.1) is 12.4 Å². The Kier molecular flexibility index (Phi) is 7.01. The van der Waals surface area contributed by atoms with Gasteiger partial charge in [-0.3, -0.25) is 4.79 Å². The van der Waals surface area contributed by atoms with E-state index in [0.717, 1.165) is 6.54 Å². The van der Waals surface area contributed by atoms with Crippen LogP contribution in [0.25, 0.3) is 5.69 Å². The highest BCUT2D eigenvalue weighted by Crippen LogP contribution is 2.08. The number of rotatable bonds is 6. The standard InChI is InChI=1S/C15H19FN4O.ClH/c1-3-17-11(2)10-18-15(21)14-8-9-20(19-14)13-6-4-12(16)5-7-13;/h4-9,11,17H,3,10H2,1-2H3,(H,18,21);1H/t11-;/m1./s1. The number of nitrogens with one attached hydrogen (secondary N) is 2. The zero-order valence-corrected chi connectivity index (χ0v) is 13.4. The highest BCUT2D eigenvalue weighted by Gasteiger charge is 2.11. The summed E-state index contributed by atoms with van der Waals surface area (Å²) in [5, 5.41) is 10.2. The van der Waals surface area contributed by atoms with E-state index < -0.39 is 0 Å². The second-order valence-electron chi connectivity index (χ2n) is 4.79. The molecule has 0 radical (unpaired) electrons. The number of nitrogens with zero attached hydrogens (tertiary/aromatic N) is 2. The van der Waals surface area contributed by atoms with Crippen molar-refractivity contribution in [1.29, 1.82) is 0 Å². The maximum atomic E-state index is 12.9. The number of hydrogen-bond donors (Lipinski definition) is 2. The van der Waals surface area contributed by atoms with Gasteiger partial charge in [0.25, 0.3) is 5.91 Å². The SMILES string of the molecule is CCN[C@H](C)CNC(=O)c1ccn(-c2ccc(F)cc2)n1.Cl. The van der Waals surface area contributed by atoms with Crippen molar-refractivity contribution in [2.45, 2.75) is 19.9 Å². The molecule has 5 nitrogen and oxygen atoms in total. The summed E-state index contributed by atoms with van der Waals surface area (Å²) in [7, 11) is 0. The molecule has 0 aliphatic rings. The smallest absolute Gasteiger partial charge is 0.271 e. The lowest BCUT2D eigenvalue weighted by Gasteiger charge is -2.12. The fourth-order valence-corrected chi connectivity index (χ4v) is 1.94. The average Bonchev–Trinajstić information content (AvgIpc) is 2.96. The van der Waals surface area contributed by atoms with Crippen LogP contribution in [0.2, 0.25) is 0 Å². The number of benzene rings is 1. The quantitative estimate of drug-likeness (QED) is 0.855. The highest BCUT2D eigenvalue weighted by molar-refractivity contribution is 5.92. The van der Waals surface area contributed by atoms with E-state index >= 15 is 0 Å². The Hall–Kier alpha value is -1.92.